The number of terminal acetylenes is 1. The van der Waals surface area contributed by atoms with Gasteiger partial charge in [0, 0.05) is 31.6 Å². The van der Waals surface area contributed by atoms with Crippen LogP contribution in [0.4, 0.5) is 0 Å². The summed E-state index contributed by atoms with van der Waals surface area (Å²) >= 11 is 0. The van der Waals surface area contributed by atoms with E-state index in [2.05, 4.69) is 20.8 Å². The minimum atomic E-state index is -0.0209. The standard InChI is InChI=1S/C17H17N3O/c1-3-13-6-4-5-7-14(13)10-20-9-8-16-15(11-20)17(21)19-12(2)18-16/h1,4-7H,8-11H2,2H3,(H,18,19,21). The number of H-pyrrole nitrogens is 1. The van der Waals surface area contributed by atoms with Crippen LogP contribution in [0, 0.1) is 19.3 Å². The smallest absolute Gasteiger partial charge is 0.255 e. The van der Waals surface area contributed by atoms with Gasteiger partial charge in [-0.05, 0) is 18.6 Å². The molecule has 0 unspecified atom stereocenters. The van der Waals surface area contributed by atoms with Gasteiger partial charge >= 0.3 is 0 Å². The Morgan fingerprint density at radius 3 is 3.05 bits per heavy atom. The Labute approximate surface area is 123 Å². The Morgan fingerprint density at radius 1 is 1.43 bits per heavy atom. The molecular formula is C17H17N3O. The van der Waals surface area contributed by atoms with E-state index >= 15 is 0 Å². The Hall–Kier alpha value is -2.38. The van der Waals surface area contributed by atoms with Crippen molar-refractivity contribution < 1.29 is 0 Å². The zero-order valence-corrected chi connectivity index (χ0v) is 12.0. The number of aryl methyl sites for hydroxylation is 1. The fraction of sp³-hybridized carbons (Fsp3) is 0.294. The molecule has 0 amide bonds. The van der Waals surface area contributed by atoms with Crippen LogP contribution in [0.2, 0.25) is 0 Å². The summed E-state index contributed by atoms with van der Waals surface area (Å²) in [5.74, 6) is 3.40. The van der Waals surface area contributed by atoms with Crippen molar-refractivity contribution in [3.63, 3.8) is 0 Å². The van der Waals surface area contributed by atoms with E-state index in [1.165, 1.54) is 0 Å². The van der Waals surface area contributed by atoms with E-state index in [1.807, 2.05) is 31.2 Å². The van der Waals surface area contributed by atoms with Crippen LogP contribution in [0.5, 0.6) is 0 Å². The molecule has 106 valence electrons. The van der Waals surface area contributed by atoms with E-state index in [1.54, 1.807) is 0 Å². The summed E-state index contributed by atoms with van der Waals surface area (Å²) in [6.45, 7) is 4.09. The molecule has 0 saturated carbocycles. The van der Waals surface area contributed by atoms with Crippen LogP contribution in [-0.4, -0.2) is 21.4 Å². The zero-order valence-electron chi connectivity index (χ0n) is 12.0. The summed E-state index contributed by atoms with van der Waals surface area (Å²) in [5.41, 5.74) is 3.73. The number of nitrogens with zero attached hydrogens (tertiary/aromatic N) is 2. The van der Waals surface area contributed by atoms with E-state index in [-0.39, 0.29) is 5.56 Å². The highest BCUT2D eigenvalue weighted by Gasteiger charge is 2.21. The van der Waals surface area contributed by atoms with Crippen molar-refractivity contribution in [3.05, 3.63) is 62.8 Å². The number of fused-ring (bicyclic) bond motifs is 1. The molecule has 0 saturated heterocycles. The van der Waals surface area contributed by atoms with Gasteiger partial charge in [-0.2, -0.15) is 0 Å². The van der Waals surface area contributed by atoms with Gasteiger partial charge in [-0.1, -0.05) is 24.1 Å². The molecule has 1 aromatic heterocycles. The molecule has 3 rings (SSSR count). The number of hydrogen-bond donors (Lipinski definition) is 1. The number of nitrogens with one attached hydrogen (secondary N) is 1. The SMILES string of the molecule is C#Cc1ccccc1CN1CCc2nc(C)[nH]c(=O)c2C1. The first-order valence-electron chi connectivity index (χ1n) is 7.03. The molecule has 4 heteroatoms. The molecule has 2 aromatic rings. The number of aromatic amines is 1. The van der Waals surface area contributed by atoms with Crippen LogP contribution in [0.1, 0.15) is 28.2 Å². The van der Waals surface area contributed by atoms with Crippen LogP contribution in [0.15, 0.2) is 29.1 Å². The van der Waals surface area contributed by atoms with Crippen molar-refractivity contribution in [2.24, 2.45) is 0 Å². The summed E-state index contributed by atoms with van der Waals surface area (Å²) in [7, 11) is 0. The summed E-state index contributed by atoms with van der Waals surface area (Å²) in [4.78, 5) is 21.5. The lowest BCUT2D eigenvalue weighted by Gasteiger charge is -2.27. The Kier molecular flexibility index (Phi) is 3.59. The monoisotopic (exact) mass is 279 g/mol. The highest BCUT2D eigenvalue weighted by Crippen LogP contribution is 2.18. The number of benzene rings is 1. The predicted octanol–water partition coefficient (Wildman–Crippen LogP) is 1.62. The average molecular weight is 279 g/mol. The lowest BCUT2D eigenvalue weighted by atomic mass is 10.0. The number of rotatable bonds is 2. The molecule has 2 heterocycles. The second-order valence-corrected chi connectivity index (χ2v) is 5.34. The molecule has 0 fully saturated rings. The molecule has 0 atom stereocenters. The highest BCUT2D eigenvalue weighted by molar-refractivity contribution is 5.39. The zero-order chi connectivity index (χ0) is 14.8. The maximum atomic E-state index is 12.1. The lowest BCUT2D eigenvalue weighted by Crippen LogP contribution is -2.35. The van der Waals surface area contributed by atoms with Gasteiger partial charge in [-0.3, -0.25) is 9.69 Å². The van der Waals surface area contributed by atoms with Gasteiger partial charge in [0.15, 0.2) is 0 Å². The molecule has 0 radical (unpaired) electrons. The largest absolute Gasteiger partial charge is 0.310 e. The maximum Gasteiger partial charge on any atom is 0.255 e. The molecule has 4 nitrogen and oxygen atoms in total. The lowest BCUT2D eigenvalue weighted by molar-refractivity contribution is 0.241. The van der Waals surface area contributed by atoms with Gasteiger partial charge in [0.25, 0.3) is 5.56 Å². The summed E-state index contributed by atoms with van der Waals surface area (Å²) < 4.78 is 0. The topological polar surface area (TPSA) is 49.0 Å². The Morgan fingerprint density at radius 2 is 2.24 bits per heavy atom. The Balaban J connectivity index is 1.84. The van der Waals surface area contributed by atoms with Crippen LogP contribution < -0.4 is 5.56 Å². The quantitative estimate of drug-likeness (QED) is 0.850. The van der Waals surface area contributed by atoms with Gasteiger partial charge in [-0.15, -0.1) is 6.42 Å². The first-order valence-corrected chi connectivity index (χ1v) is 7.03. The normalized spacial score (nSPS) is 14.5. The average Bonchev–Trinajstić information content (AvgIpc) is 2.48. The third-order valence-corrected chi connectivity index (χ3v) is 3.83. The fourth-order valence-corrected chi connectivity index (χ4v) is 2.78. The van der Waals surface area contributed by atoms with E-state index in [0.29, 0.717) is 12.4 Å². The van der Waals surface area contributed by atoms with Crippen LogP contribution >= 0.6 is 0 Å². The molecule has 0 bridgehead atoms. The van der Waals surface area contributed by atoms with Crippen molar-refractivity contribution in [2.75, 3.05) is 6.54 Å². The first-order chi connectivity index (χ1) is 10.2. The van der Waals surface area contributed by atoms with Gasteiger partial charge in [-0.25, -0.2) is 4.98 Å². The third kappa shape index (κ3) is 2.74. The second-order valence-electron chi connectivity index (χ2n) is 5.34. The van der Waals surface area contributed by atoms with Gasteiger partial charge < -0.3 is 4.98 Å². The van der Waals surface area contributed by atoms with Crippen molar-refractivity contribution in [3.8, 4) is 12.3 Å². The first kappa shape index (κ1) is 13.6. The van der Waals surface area contributed by atoms with E-state index in [9.17, 15) is 4.79 Å². The van der Waals surface area contributed by atoms with E-state index in [4.69, 9.17) is 6.42 Å². The van der Waals surface area contributed by atoms with Crippen LogP contribution in [0.25, 0.3) is 0 Å². The van der Waals surface area contributed by atoms with Crippen molar-refractivity contribution in [1.29, 1.82) is 0 Å². The minimum absolute atomic E-state index is 0.0209. The number of hydrogen-bond acceptors (Lipinski definition) is 3. The van der Waals surface area contributed by atoms with E-state index in [0.717, 1.165) is 41.9 Å². The van der Waals surface area contributed by atoms with Gasteiger partial charge in [0.1, 0.15) is 5.82 Å². The molecule has 1 aliphatic heterocycles. The number of aromatic nitrogens is 2. The maximum absolute atomic E-state index is 12.1. The molecule has 1 aliphatic rings. The minimum Gasteiger partial charge on any atom is -0.310 e. The van der Waals surface area contributed by atoms with Crippen LogP contribution in [-0.2, 0) is 19.5 Å². The summed E-state index contributed by atoms with van der Waals surface area (Å²) in [6, 6.07) is 7.93. The Bertz CT molecular complexity index is 770. The third-order valence-electron chi connectivity index (χ3n) is 3.83. The van der Waals surface area contributed by atoms with E-state index < -0.39 is 0 Å². The second kappa shape index (κ2) is 5.55. The molecule has 0 aliphatic carbocycles. The molecule has 1 aromatic carbocycles. The molecule has 0 spiro atoms. The van der Waals surface area contributed by atoms with Gasteiger partial charge in [0.05, 0.1) is 11.3 Å². The van der Waals surface area contributed by atoms with Gasteiger partial charge in [0.2, 0.25) is 0 Å². The van der Waals surface area contributed by atoms with Crippen molar-refractivity contribution >= 4 is 0 Å². The molecular weight excluding hydrogens is 262 g/mol. The fourth-order valence-electron chi connectivity index (χ4n) is 2.78. The molecule has 21 heavy (non-hydrogen) atoms. The van der Waals surface area contributed by atoms with Crippen molar-refractivity contribution in [1.82, 2.24) is 14.9 Å². The van der Waals surface area contributed by atoms with Crippen molar-refractivity contribution in [2.45, 2.75) is 26.4 Å². The van der Waals surface area contributed by atoms with Crippen LogP contribution in [0.3, 0.4) is 0 Å². The highest BCUT2D eigenvalue weighted by atomic mass is 16.1. The predicted molar refractivity (Wildman–Crippen MR) is 81.8 cm³/mol. The summed E-state index contributed by atoms with van der Waals surface area (Å²) in [5, 5.41) is 0. The molecule has 1 N–H and O–H groups in total. The summed E-state index contributed by atoms with van der Waals surface area (Å²) in [6.07, 6.45) is 6.34.